The monoisotopic (exact) mass is 404 g/mol. The van der Waals surface area contributed by atoms with E-state index in [1.807, 2.05) is 6.92 Å². The van der Waals surface area contributed by atoms with Gasteiger partial charge in [-0.3, -0.25) is 4.79 Å². The van der Waals surface area contributed by atoms with Gasteiger partial charge in [0.1, 0.15) is 5.82 Å². The number of hydrogen-bond donors (Lipinski definition) is 0. The summed E-state index contributed by atoms with van der Waals surface area (Å²) in [6.07, 6.45) is 0. The highest BCUT2D eigenvalue weighted by Gasteiger charge is 2.16. The lowest BCUT2D eigenvalue weighted by atomic mass is 10.0. The van der Waals surface area contributed by atoms with E-state index in [1.54, 1.807) is 18.2 Å². The second-order valence-electron chi connectivity index (χ2n) is 4.04. The van der Waals surface area contributed by atoms with Gasteiger partial charge in [-0.1, -0.05) is 39.7 Å². The highest BCUT2D eigenvalue weighted by molar-refractivity contribution is 9.10. The van der Waals surface area contributed by atoms with Crippen molar-refractivity contribution in [3.05, 3.63) is 66.8 Å². The van der Waals surface area contributed by atoms with Gasteiger partial charge in [0.05, 0.1) is 10.6 Å². The summed E-state index contributed by atoms with van der Waals surface area (Å²) in [6.45, 7) is 1.91. The zero-order chi connectivity index (χ0) is 14.2. The molecule has 0 N–H and O–H groups in total. The third-order valence-corrected chi connectivity index (χ3v) is 4.74. The minimum atomic E-state index is -0.599. The first-order chi connectivity index (χ1) is 8.90. The fourth-order valence-electron chi connectivity index (χ4n) is 1.59. The highest BCUT2D eigenvalue weighted by atomic mass is 79.9. The van der Waals surface area contributed by atoms with Crippen molar-refractivity contribution >= 4 is 49.2 Å². The number of rotatable bonds is 2. The second-order valence-corrected chi connectivity index (χ2v) is 6.16. The Morgan fingerprint density at radius 3 is 2.47 bits per heavy atom. The first-order valence-corrected chi connectivity index (χ1v) is 7.32. The number of benzene rings is 2. The molecule has 19 heavy (non-hydrogen) atoms. The maximum Gasteiger partial charge on any atom is 0.196 e. The summed E-state index contributed by atoms with van der Waals surface area (Å²) in [5, 5.41) is 0.302. The van der Waals surface area contributed by atoms with Crippen LogP contribution in [-0.2, 0) is 0 Å². The summed E-state index contributed by atoms with van der Waals surface area (Å²) >= 11 is 12.4. The molecule has 0 bridgehead atoms. The molecular formula is C14H8Br2ClFO. The topological polar surface area (TPSA) is 17.1 Å². The van der Waals surface area contributed by atoms with Crippen LogP contribution in [0.1, 0.15) is 21.5 Å². The molecule has 0 amide bonds. The molecule has 0 saturated heterocycles. The van der Waals surface area contributed by atoms with E-state index in [4.69, 9.17) is 11.6 Å². The predicted octanol–water partition coefficient (Wildman–Crippen LogP) is 5.54. The third-order valence-electron chi connectivity index (χ3n) is 2.69. The normalized spacial score (nSPS) is 10.6. The molecule has 0 aliphatic rings. The van der Waals surface area contributed by atoms with Crippen LogP contribution in [0.15, 0.2) is 39.3 Å². The van der Waals surface area contributed by atoms with Crippen LogP contribution in [0.2, 0.25) is 5.02 Å². The maximum absolute atomic E-state index is 13.8. The van der Waals surface area contributed by atoms with Gasteiger partial charge in [0.25, 0.3) is 0 Å². The van der Waals surface area contributed by atoms with Crippen molar-refractivity contribution in [2.75, 3.05) is 0 Å². The fourth-order valence-corrected chi connectivity index (χ4v) is 2.44. The van der Waals surface area contributed by atoms with E-state index in [9.17, 15) is 9.18 Å². The standard InChI is InChI=1S/C14H8Br2ClFO/c1-7-2-3-8(4-10(7)15)14(19)9-5-12(17)11(16)6-13(9)18/h2-6H,1H3. The second kappa shape index (κ2) is 5.73. The molecule has 0 heterocycles. The van der Waals surface area contributed by atoms with Gasteiger partial charge in [-0.2, -0.15) is 0 Å². The third kappa shape index (κ3) is 3.07. The van der Waals surface area contributed by atoms with Crippen LogP contribution >= 0.6 is 43.5 Å². The zero-order valence-electron chi connectivity index (χ0n) is 9.81. The first kappa shape index (κ1) is 14.7. The smallest absolute Gasteiger partial charge is 0.196 e. The lowest BCUT2D eigenvalue weighted by Crippen LogP contribution is -2.05. The molecule has 0 saturated carbocycles. The van der Waals surface area contributed by atoms with Crippen molar-refractivity contribution in [1.82, 2.24) is 0 Å². The van der Waals surface area contributed by atoms with Crippen molar-refractivity contribution in [3.8, 4) is 0 Å². The molecule has 2 rings (SSSR count). The Kier molecular flexibility index (Phi) is 4.43. The molecule has 0 fully saturated rings. The fraction of sp³-hybridized carbons (Fsp3) is 0.0714. The van der Waals surface area contributed by atoms with Gasteiger partial charge in [0.15, 0.2) is 5.78 Å². The molecule has 2 aromatic carbocycles. The van der Waals surface area contributed by atoms with Gasteiger partial charge in [0.2, 0.25) is 0 Å². The number of carbonyl (C=O) groups is 1. The Bertz CT molecular complexity index is 671. The molecule has 0 atom stereocenters. The quantitative estimate of drug-likeness (QED) is 0.473. The van der Waals surface area contributed by atoms with Gasteiger partial charge in [-0.15, -0.1) is 0 Å². The Labute approximate surface area is 132 Å². The number of hydrogen-bond acceptors (Lipinski definition) is 1. The summed E-state index contributed by atoms with van der Waals surface area (Å²) in [7, 11) is 0. The molecule has 1 nitrogen and oxygen atoms in total. The number of halogens is 4. The van der Waals surface area contributed by atoms with Crippen LogP contribution in [0, 0.1) is 12.7 Å². The van der Waals surface area contributed by atoms with Crippen LogP contribution in [-0.4, -0.2) is 5.78 Å². The van der Waals surface area contributed by atoms with Crippen LogP contribution in [0.3, 0.4) is 0 Å². The van der Waals surface area contributed by atoms with E-state index >= 15 is 0 Å². The predicted molar refractivity (Wildman–Crippen MR) is 81.4 cm³/mol. The molecular weight excluding hydrogens is 398 g/mol. The van der Waals surface area contributed by atoms with E-state index in [0.29, 0.717) is 15.1 Å². The molecule has 0 radical (unpaired) electrons. The van der Waals surface area contributed by atoms with Crippen LogP contribution in [0.4, 0.5) is 4.39 Å². The highest BCUT2D eigenvalue weighted by Crippen LogP contribution is 2.28. The van der Waals surface area contributed by atoms with E-state index in [-0.39, 0.29) is 5.56 Å². The maximum atomic E-state index is 13.8. The average molecular weight is 406 g/mol. The van der Waals surface area contributed by atoms with E-state index in [2.05, 4.69) is 31.9 Å². The summed E-state index contributed by atoms with van der Waals surface area (Å²) < 4.78 is 15.1. The van der Waals surface area contributed by atoms with Crippen molar-refractivity contribution in [1.29, 1.82) is 0 Å². The van der Waals surface area contributed by atoms with Gasteiger partial charge < -0.3 is 0 Å². The molecule has 0 unspecified atom stereocenters. The number of aryl methyl sites for hydroxylation is 1. The molecule has 0 spiro atoms. The van der Waals surface area contributed by atoms with Gasteiger partial charge in [-0.05, 0) is 46.6 Å². The lowest BCUT2D eigenvalue weighted by molar-refractivity contribution is 0.103. The van der Waals surface area contributed by atoms with Crippen molar-refractivity contribution in [2.24, 2.45) is 0 Å². The molecule has 0 aliphatic heterocycles. The Balaban J connectivity index is 2.49. The minimum absolute atomic E-state index is 0.0380. The summed E-state index contributed by atoms with van der Waals surface area (Å²) in [6, 6.07) is 7.66. The molecule has 98 valence electrons. The van der Waals surface area contributed by atoms with Gasteiger partial charge in [-0.25, -0.2) is 4.39 Å². The summed E-state index contributed by atoms with van der Waals surface area (Å²) in [4.78, 5) is 12.3. The van der Waals surface area contributed by atoms with Gasteiger partial charge in [0, 0.05) is 14.5 Å². The van der Waals surface area contributed by atoms with Gasteiger partial charge >= 0.3 is 0 Å². The van der Waals surface area contributed by atoms with E-state index in [1.165, 1.54) is 12.1 Å². The minimum Gasteiger partial charge on any atom is -0.288 e. The molecule has 0 aliphatic carbocycles. The zero-order valence-corrected chi connectivity index (χ0v) is 13.7. The Morgan fingerprint density at radius 2 is 1.84 bits per heavy atom. The Morgan fingerprint density at radius 1 is 1.16 bits per heavy atom. The average Bonchev–Trinajstić information content (AvgIpc) is 2.36. The number of carbonyl (C=O) groups excluding carboxylic acids is 1. The van der Waals surface area contributed by atoms with E-state index < -0.39 is 11.6 Å². The first-order valence-electron chi connectivity index (χ1n) is 5.35. The van der Waals surface area contributed by atoms with Crippen molar-refractivity contribution in [3.63, 3.8) is 0 Å². The van der Waals surface area contributed by atoms with Crippen LogP contribution in [0.5, 0.6) is 0 Å². The van der Waals surface area contributed by atoms with Crippen molar-refractivity contribution in [2.45, 2.75) is 6.92 Å². The summed E-state index contributed by atoms with van der Waals surface area (Å²) in [5.41, 5.74) is 1.38. The molecule has 0 aromatic heterocycles. The van der Waals surface area contributed by atoms with Crippen LogP contribution in [0.25, 0.3) is 0 Å². The van der Waals surface area contributed by atoms with Crippen molar-refractivity contribution < 1.29 is 9.18 Å². The molecule has 2 aromatic rings. The summed E-state index contributed by atoms with van der Waals surface area (Å²) in [5.74, 6) is -0.995. The lowest BCUT2D eigenvalue weighted by Gasteiger charge is -2.06. The Hall–Kier alpha value is -0.710. The number of ketones is 1. The SMILES string of the molecule is Cc1ccc(C(=O)c2cc(Cl)c(Br)cc2F)cc1Br. The molecule has 5 heteroatoms. The van der Waals surface area contributed by atoms with E-state index in [0.717, 1.165) is 10.0 Å². The van der Waals surface area contributed by atoms with Crippen LogP contribution < -0.4 is 0 Å². The largest absolute Gasteiger partial charge is 0.288 e.